The second kappa shape index (κ2) is 3.07. The third-order valence-corrected chi connectivity index (χ3v) is 2.46. The maximum Gasteiger partial charge on any atom is 0.152 e. The summed E-state index contributed by atoms with van der Waals surface area (Å²) in [5.74, 6) is -0.450. The number of halogens is 2. The van der Waals surface area contributed by atoms with E-state index in [2.05, 4.69) is 5.32 Å². The summed E-state index contributed by atoms with van der Waals surface area (Å²) in [7, 11) is 0. The molecule has 1 atom stereocenters. The Balaban J connectivity index is 2.39. The van der Waals surface area contributed by atoms with Crippen LogP contribution in [0.2, 0.25) is 0 Å². The van der Waals surface area contributed by atoms with Gasteiger partial charge in [-0.25, -0.2) is 8.78 Å². The van der Waals surface area contributed by atoms with Gasteiger partial charge >= 0.3 is 0 Å². The molecular formula is C10H11F2N. The zero-order valence-electron chi connectivity index (χ0n) is 7.19. The highest BCUT2D eigenvalue weighted by molar-refractivity contribution is 5.26. The largest absolute Gasteiger partial charge is 0.313 e. The predicted octanol–water partition coefficient (Wildman–Crippen LogP) is 1.98. The van der Waals surface area contributed by atoms with Gasteiger partial charge in [0, 0.05) is 12.1 Å². The summed E-state index contributed by atoms with van der Waals surface area (Å²) in [6, 6.07) is 6.06. The van der Waals surface area contributed by atoms with Crippen LogP contribution < -0.4 is 5.32 Å². The molecule has 0 bridgehead atoms. The van der Waals surface area contributed by atoms with Crippen LogP contribution in [0.15, 0.2) is 24.3 Å². The summed E-state index contributed by atoms with van der Waals surface area (Å²) in [5, 5.41) is 2.90. The highest BCUT2D eigenvalue weighted by Crippen LogP contribution is 2.33. The number of hydrogen-bond acceptors (Lipinski definition) is 1. The maximum atomic E-state index is 14.0. The van der Waals surface area contributed by atoms with Gasteiger partial charge in [0.25, 0.3) is 0 Å². The van der Waals surface area contributed by atoms with E-state index in [1.807, 2.05) is 0 Å². The molecule has 70 valence electrons. The first kappa shape index (κ1) is 8.63. The topological polar surface area (TPSA) is 12.0 Å². The van der Waals surface area contributed by atoms with Gasteiger partial charge in [-0.05, 0) is 19.0 Å². The van der Waals surface area contributed by atoms with Crippen LogP contribution in [0, 0.1) is 5.82 Å². The van der Waals surface area contributed by atoms with Gasteiger partial charge in [0.15, 0.2) is 5.67 Å². The van der Waals surface area contributed by atoms with E-state index in [0.29, 0.717) is 13.0 Å². The van der Waals surface area contributed by atoms with Gasteiger partial charge in [0.1, 0.15) is 5.82 Å². The molecule has 1 nitrogen and oxygen atoms in total. The van der Waals surface area contributed by atoms with Crippen LogP contribution >= 0.6 is 0 Å². The summed E-state index contributed by atoms with van der Waals surface area (Å²) >= 11 is 0. The van der Waals surface area contributed by atoms with Crippen LogP contribution in [0.4, 0.5) is 8.78 Å². The maximum absolute atomic E-state index is 14.0. The molecule has 0 aliphatic carbocycles. The van der Waals surface area contributed by atoms with Crippen LogP contribution in [0.3, 0.4) is 0 Å². The van der Waals surface area contributed by atoms with Gasteiger partial charge in [0.05, 0.1) is 0 Å². The lowest BCUT2D eigenvalue weighted by atomic mass is 9.94. The molecule has 3 heteroatoms. The summed E-state index contributed by atoms with van der Waals surface area (Å²) in [5.41, 5.74) is -1.33. The molecule has 0 spiro atoms. The van der Waals surface area contributed by atoms with E-state index in [0.717, 1.165) is 0 Å². The van der Waals surface area contributed by atoms with E-state index in [9.17, 15) is 8.78 Å². The van der Waals surface area contributed by atoms with E-state index in [4.69, 9.17) is 0 Å². The van der Waals surface area contributed by atoms with Crippen LogP contribution in [-0.4, -0.2) is 13.1 Å². The standard InChI is InChI=1S/C10H11F2N/c11-9-4-2-1-3-8(9)10(12)5-6-13-7-10/h1-4,13H,5-7H2/t10-/m0/s1. The molecule has 1 aromatic rings. The van der Waals surface area contributed by atoms with Gasteiger partial charge < -0.3 is 5.32 Å². The summed E-state index contributed by atoms with van der Waals surface area (Å²) < 4.78 is 27.2. The number of benzene rings is 1. The lowest BCUT2D eigenvalue weighted by Crippen LogP contribution is -2.24. The van der Waals surface area contributed by atoms with Crippen LogP contribution in [0.5, 0.6) is 0 Å². The van der Waals surface area contributed by atoms with E-state index in [-0.39, 0.29) is 12.1 Å². The molecule has 1 N–H and O–H groups in total. The SMILES string of the molecule is Fc1ccccc1[C@]1(F)CCNC1. The molecule has 0 aromatic heterocycles. The summed E-state index contributed by atoms with van der Waals surface area (Å²) in [4.78, 5) is 0. The third kappa shape index (κ3) is 1.44. The first-order valence-corrected chi connectivity index (χ1v) is 4.37. The fourth-order valence-electron chi connectivity index (χ4n) is 1.72. The molecule has 0 radical (unpaired) electrons. The van der Waals surface area contributed by atoms with E-state index < -0.39 is 11.5 Å². The van der Waals surface area contributed by atoms with E-state index in [1.54, 1.807) is 12.1 Å². The Kier molecular flexibility index (Phi) is 2.04. The second-order valence-corrected chi connectivity index (χ2v) is 3.37. The predicted molar refractivity (Wildman–Crippen MR) is 46.7 cm³/mol. The van der Waals surface area contributed by atoms with Crippen molar-refractivity contribution < 1.29 is 8.78 Å². The van der Waals surface area contributed by atoms with Crippen molar-refractivity contribution in [2.45, 2.75) is 12.1 Å². The molecule has 1 fully saturated rings. The smallest absolute Gasteiger partial charge is 0.152 e. The summed E-state index contributed by atoms with van der Waals surface area (Å²) in [6.45, 7) is 0.832. The molecule has 1 aliphatic heterocycles. The zero-order valence-corrected chi connectivity index (χ0v) is 7.19. The highest BCUT2D eigenvalue weighted by atomic mass is 19.1. The van der Waals surface area contributed by atoms with Crippen molar-refractivity contribution in [3.8, 4) is 0 Å². The average molecular weight is 183 g/mol. The second-order valence-electron chi connectivity index (χ2n) is 3.37. The molecule has 1 aromatic carbocycles. The van der Waals surface area contributed by atoms with Gasteiger partial charge in [-0.1, -0.05) is 18.2 Å². The van der Waals surface area contributed by atoms with Gasteiger partial charge in [-0.3, -0.25) is 0 Å². The number of nitrogens with one attached hydrogen (secondary N) is 1. The first-order chi connectivity index (χ1) is 6.22. The molecule has 1 aliphatic rings. The molecule has 0 saturated carbocycles. The lowest BCUT2D eigenvalue weighted by Gasteiger charge is -2.18. The summed E-state index contributed by atoms with van der Waals surface area (Å²) in [6.07, 6.45) is 0.355. The van der Waals surface area contributed by atoms with Crippen LogP contribution in [-0.2, 0) is 5.67 Å². The Hall–Kier alpha value is -0.960. The average Bonchev–Trinajstić information content (AvgIpc) is 2.54. The fourth-order valence-corrected chi connectivity index (χ4v) is 1.72. The van der Waals surface area contributed by atoms with E-state index in [1.165, 1.54) is 12.1 Å². The van der Waals surface area contributed by atoms with Crippen molar-refractivity contribution >= 4 is 0 Å². The van der Waals surface area contributed by atoms with Crippen LogP contribution in [0.25, 0.3) is 0 Å². The van der Waals surface area contributed by atoms with Crippen molar-refractivity contribution in [3.63, 3.8) is 0 Å². The molecule has 0 unspecified atom stereocenters. The quantitative estimate of drug-likeness (QED) is 0.702. The van der Waals surface area contributed by atoms with Crippen molar-refractivity contribution in [2.75, 3.05) is 13.1 Å². The fraction of sp³-hybridized carbons (Fsp3) is 0.400. The lowest BCUT2D eigenvalue weighted by molar-refractivity contribution is 0.186. The Morgan fingerprint density at radius 1 is 1.31 bits per heavy atom. The number of alkyl halides is 1. The van der Waals surface area contributed by atoms with Gasteiger partial charge in [-0.2, -0.15) is 0 Å². The van der Waals surface area contributed by atoms with Crippen molar-refractivity contribution in [3.05, 3.63) is 35.6 Å². The first-order valence-electron chi connectivity index (χ1n) is 4.37. The van der Waals surface area contributed by atoms with Gasteiger partial charge in [-0.15, -0.1) is 0 Å². The van der Waals surface area contributed by atoms with Crippen molar-refractivity contribution in [2.24, 2.45) is 0 Å². The number of hydrogen-bond donors (Lipinski definition) is 1. The zero-order chi connectivity index (χ0) is 9.31. The minimum absolute atomic E-state index is 0.181. The molecule has 13 heavy (non-hydrogen) atoms. The van der Waals surface area contributed by atoms with E-state index >= 15 is 0 Å². The van der Waals surface area contributed by atoms with Crippen molar-refractivity contribution in [1.82, 2.24) is 5.32 Å². The normalized spacial score (nSPS) is 27.8. The molecule has 2 rings (SSSR count). The van der Waals surface area contributed by atoms with Gasteiger partial charge in [0.2, 0.25) is 0 Å². The minimum Gasteiger partial charge on any atom is -0.313 e. The molecule has 1 heterocycles. The van der Waals surface area contributed by atoms with Crippen LogP contribution in [0.1, 0.15) is 12.0 Å². The monoisotopic (exact) mass is 183 g/mol. The number of rotatable bonds is 1. The van der Waals surface area contributed by atoms with Crippen molar-refractivity contribution in [1.29, 1.82) is 0 Å². The molecular weight excluding hydrogens is 172 g/mol. The minimum atomic E-state index is -1.51. The Labute approximate surface area is 75.8 Å². The Morgan fingerprint density at radius 3 is 2.69 bits per heavy atom. The Bertz CT molecular complexity index is 306. The molecule has 0 amide bonds. The highest BCUT2D eigenvalue weighted by Gasteiger charge is 2.37. The third-order valence-electron chi connectivity index (χ3n) is 2.46. The Morgan fingerprint density at radius 2 is 2.08 bits per heavy atom. The molecule has 1 saturated heterocycles.